The molecule has 170 valence electrons. The lowest BCUT2D eigenvalue weighted by atomic mass is 10.1. The molecule has 0 aromatic heterocycles. The highest BCUT2D eigenvalue weighted by Gasteiger charge is 2.25. The Bertz CT molecular complexity index is 898. The van der Waals surface area contributed by atoms with E-state index in [1.54, 1.807) is 12.1 Å². The topological polar surface area (TPSA) is 69.1 Å². The summed E-state index contributed by atoms with van der Waals surface area (Å²) < 4.78 is 32.4. The molecule has 0 amide bonds. The highest BCUT2D eigenvalue weighted by Crippen LogP contribution is 2.26. The number of aliphatic imine (C=N–C) groups is 1. The van der Waals surface area contributed by atoms with Gasteiger partial charge in [0.25, 0.3) is 0 Å². The molecule has 0 bridgehead atoms. The minimum absolute atomic E-state index is 0. The van der Waals surface area contributed by atoms with Gasteiger partial charge in [0.15, 0.2) is 17.5 Å². The van der Waals surface area contributed by atoms with Crippen LogP contribution in [0.5, 0.6) is 11.5 Å². The molecule has 6 nitrogen and oxygen atoms in total. The SMILES string of the molecule is CCNC(=NCCc1ccc(O)c(OC)c1)NC1CCN(c2ccc(F)cc2F)C1.I. The van der Waals surface area contributed by atoms with Gasteiger partial charge in [-0.25, -0.2) is 8.78 Å². The average molecular weight is 546 g/mol. The summed E-state index contributed by atoms with van der Waals surface area (Å²) in [6.45, 7) is 4.58. The van der Waals surface area contributed by atoms with Crippen molar-refractivity contribution in [1.29, 1.82) is 0 Å². The third-order valence-electron chi connectivity index (χ3n) is 5.04. The number of benzene rings is 2. The van der Waals surface area contributed by atoms with Crippen molar-refractivity contribution >= 4 is 35.6 Å². The van der Waals surface area contributed by atoms with Gasteiger partial charge < -0.3 is 25.4 Å². The largest absolute Gasteiger partial charge is 0.504 e. The van der Waals surface area contributed by atoms with Gasteiger partial charge >= 0.3 is 0 Å². The van der Waals surface area contributed by atoms with Gasteiger partial charge in [-0.15, -0.1) is 24.0 Å². The van der Waals surface area contributed by atoms with E-state index in [4.69, 9.17) is 4.74 Å². The molecule has 0 spiro atoms. The lowest BCUT2D eigenvalue weighted by molar-refractivity contribution is 0.373. The van der Waals surface area contributed by atoms with Crippen LogP contribution in [0.3, 0.4) is 0 Å². The summed E-state index contributed by atoms with van der Waals surface area (Å²) in [4.78, 5) is 6.54. The van der Waals surface area contributed by atoms with Crippen LogP contribution in [-0.4, -0.2) is 50.4 Å². The van der Waals surface area contributed by atoms with Crippen LogP contribution in [0.2, 0.25) is 0 Å². The minimum Gasteiger partial charge on any atom is -0.504 e. The van der Waals surface area contributed by atoms with Gasteiger partial charge in [0.05, 0.1) is 12.8 Å². The molecule has 1 unspecified atom stereocenters. The number of nitrogens with one attached hydrogen (secondary N) is 2. The lowest BCUT2D eigenvalue weighted by Crippen LogP contribution is -2.44. The van der Waals surface area contributed by atoms with Gasteiger partial charge in [-0.05, 0) is 49.6 Å². The lowest BCUT2D eigenvalue weighted by Gasteiger charge is -2.21. The predicted molar refractivity (Wildman–Crippen MR) is 130 cm³/mol. The Morgan fingerprint density at radius 3 is 2.77 bits per heavy atom. The molecule has 3 N–H and O–H groups in total. The van der Waals surface area contributed by atoms with E-state index in [-0.39, 0.29) is 35.8 Å². The first kappa shape index (κ1) is 25.0. The number of guanidine groups is 1. The Labute approximate surface area is 198 Å². The maximum atomic E-state index is 14.1. The summed E-state index contributed by atoms with van der Waals surface area (Å²) >= 11 is 0. The zero-order chi connectivity index (χ0) is 21.5. The standard InChI is InChI=1S/C22H28F2N4O2.HI/c1-3-25-22(26-10-8-15-4-7-20(29)21(12-15)30-2)27-17-9-11-28(14-17)19-6-5-16(23)13-18(19)24;/h4-7,12-13,17,29H,3,8-11,14H2,1-2H3,(H2,25,26,27);1H. The fraction of sp³-hybridized carbons (Fsp3) is 0.409. The Hall–Kier alpha value is -2.30. The molecule has 9 heteroatoms. The zero-order valence-electron chi connectivity index (χ0n) is 17.7. The predicted octanol–water partition coefficient (Wildman–Crippen LogP) is 3.67. The number of phenolic OH excluding ortho intramolecular Hbond substituents is 1. The Morgan fingerprint density at radius 2 is 2.06 bits per heavy atom. The minimum atomic E-state index is -0.571. The summed E-state index contributed by atoms with van der Waals surface area (Å²) in [7, 11) is 1.52. The fourth-order valence-corrected chi connectivity index (χ4v) is 3.52. The van der Waals surface area contributed by atoms with E-state index in [1.165, 1.54) is 19.2 Å². The van der Waals surface area contributed by atoms with Crippen LogP contribution in [0.1, 0.15) is 18.9 Å². The van der Waals surface area contributed by atoms with Crippen LogP contribution < -0.4 is 20.3 Å². The van der Waals surface area contributed by atoms with Crippen molar-refractivity contribution < 1.29 is 18.6 Å². The fourth-order valence-electron chi connectivity index (χ4n) is 3.52. The van der Waals surface area contributed by atoms with E-state index >= 15 is 0 Å². The van der Waals surface area contributed by atoms with Crippen LogP contribution >= 0.6 is 24.0 Å². The molecule has 1 saturated heterocycles. The molecule has 1 atom stereocenters. The van der Waals surface area contributed by atoms with E-state index in [0.29, 0.717) is 43.5 Å². The van der Waals surface area contributed by atoms with Crippen molar-refractivity contribution in [3.63, 3.8) is 0 Å². The number of ether oxygens (including phenoxy) is 1. The third kappa shape index (κ3) is 6.84. The van der Waals surface area contributed by atoms with Gasteiger partial charge in [0.2, 0.25) is 0 Å². The summed E-state index contributed by atoms with van der Waals surface area (Å²) in [6.07, 6.45) is 1.53. The first-order valence-electron chi connectivity index (χ1n) is 10.1. The van der Waals surface area contributed by atoms with E-state index in [0.717, 1.165) is 24.6 Å². The second-order valence-corrected chi connectivity index (χ2v) is 7.19. The molecule has 0 aliphatic carbocycles. The first-order valence-corrected chi connectivity index (χ1v) is 10.1. The third-order valence-corrected chi connectivity index (χ3v) is 5.04. The van der Waals surface area contributed by atoms with Crippen molar-refractivity contribution in [3.8, 4) is 11.5 Å². The van der Waals surface area contributed by atoms with Crippen molar-refractivity contribution in [2.45, 2.75) is 25.8 Å². The molecule has 2 aromatic rings. The van der Waals surface area contributed by atoms with E-state index in [2.05, 4.69) is 15.6 Å². The first-order chi connectivity index (χ1) is 14.5. The van der Waals surface area contributed by atoms with Crippen LogP contribution in [0, 0.1) is 11.6 Å². The van der Waals surface area contributed by atoms with Gasteiger partial charge in [-0.1, -0.05) is 6.07 Å². The Morgan fingerprint density at radius 1 is 1.26 bits per heavy atom. The normalized spacial score (nSPS) is 16.1. The highest BCUT2D eigenvalue weighted by atomic mass is 127. The number of nitrogens with zero attached hydrogens (tertiary/aromatic N) is 2. The quantitative estimate of drug-likeness (QED) is 0.281. The second-order valence-electron chi connectivity index (χ2n) is 7.19. The second kappa shape index (κ2) is 11.9. The molecular formula is C22H29F2IN4O2. The molecule has 0 saturated carbocycles. The Kier molecular flexibility index (Phi) is 9.60. The molecule has 31 heavy (non-hydrogen) atoms. The highest BCUT2D eigenvalue weighted by molar-refractivity contribution is 14.0. The van der Waals surface area contributed by atoms with Crippen molar-refractivity contribution in [2.75, 3.05) is 38.2 Å². The van der Waals surface area contributed by atoms with E-state index < -0.39 is 11.6 Å². The number of hydrogen-bond donors (Lipinski definition) is 3. The summed E-state index contributed by atoms with van der Waals surface area (Å²) in [5.41, 5.74) is 1.44. The Balaban J connectivity index is 0.00000341. The average Bonchev–Trinajstić information content (AvgIpc) is 3.17. The van der Waals surface area contributed by atoms with Crippen molar-refractivity contribution in [3.05, 3.63) is 53.6 Å². The summed E-state index contributed by atoms with van der Waals surface area (Å²) in [5.74, 6) is 0.150. The maximum absolute atomic E-state index is 14.1. The number of aromatic hydroxyl groups is 1. The number of phenols is 1. The van der Waals surface area contributed by atoms with Crippen molar-refractivity contribution in [1.82, 2.24) is 10.6 Å². The molecule has 3 rings (SSSR count). The summed E-state index contributed by atoms with van der Waals surface area (Å²) in [5, 5.41) is 16.3. The molecule has 1 fully saturated rings. The number of rotatable bonds is 7. The van der Waals surface area contributed by atoms with Crippen LogP contribution in [0.4, 0.5) is 14.5 Å². The molecule has 1 aliphatic heterocycles. The zero-order valence-corrected chi connectivity index (χ0v) is 20.0. The van der Waals surface area contributed by atoms with Crippen molar-refractivity contribution in [2.24, 2.45) is 4.99 Å². The maximum Gasteiger partial charge on any atom is 0.191 e. The van der Waals surface area contributed by atoms with Gasteiger partial charge in [-0.3, -0.25) is 4.99 Å². The number of halogens is 3. The van der Waals surface area contributed by atoms with E-state index in [9.17, 15) is 13.9 Å². The summed E-state index contributed by atoms with van der Waals surface area (Å²) in [6, 6.07) is 9.06. The smallest absolute Gasteiger partial charge is 0.191 e. The number of hydrogen-bond acceptors (Lipinski definition) is 4. The molecule has 2 aromatic carbocycles. The van der Waals surface area contributed by atoms with Crippen LogP contribution in [0.15, 0.2) is 41.4 Å². The van der Waals surface area contributed by atoms with Gasteiger partial charge in [0.1, 0.15) is 11.6 Å². The monoisotopic (exact) mass is 546 g/mol. The van der Waals surface area contributed by atoms with E-state index in [1.807, 2.05) is 17.9 Å². The molecule has 0 radical (unpaired) electrons. The number of methoxy groups -OCH3 is 1. The molecule has 1 aliphatic rings. The van der Waals surface area contributed by atoms with Crippen LogP contribution in [-0.2, 0) is 6.42 Å². The van der Waals surface area contributed by atoms with Crippen LogP contribution in [0.25, 0.3) is 0 Å². The molecule has 1 heterocycles. The van der Waals surface area contributed by atoms with Gasteiger partial charge in [-0.2, -0.15) is 0 Å². The molecular weight excluding hydrogens is 517 g/mol. The van der Waals surface area contributed by atoms with Gasteiger partial charge in [0, 0.05) is 38.3 Å². The number of anilines is 1.